The summed E-state index contributed by atoms with van der Waals surface area (Å²) in [6.45, 7) is 4.86. The molecule has 1 aliphatic heterocycles. The minimum atomic E-state index is 0.431. The van der Waals surface area contributed by atoms with Gasteiger partial charge in [-0.2, -0.15) is 4.98 Å². The Morgan fingerprint density at radius 3 is 3.00 bits per heavy atom. The molecule has 1 aromatic carbocycles. The fourth-order valence-electron chi connectivity index (χ4n) is 2.32. The standard InChI is InChI=1S/C13H15Cl2N5/c1-8-7-20(6-5-16-8)13-17-12(18-19-13)9-3-2-4-10(14)11(9)15/h2-4,8,16H,5-7H2,1H3,(H,17,18,19)/t8-/m1/s1. The van der Waals surface area contributed by atoms with Crippen molar-refractivity contribution >= 4 is 29.2 Å². The lowest BCUT2D eigenvalue weighted by Gasteiger charge is -2.30. The van der Waals surface area contributed by atoms with E-state index in [2.05, 4.69) is 32.3 Å². The molecule has 1 aliphatic rings. The molecule has 5 nitrogen and oxygen atoms in total. The van der Waals surface area contributed by atoms with Crippen LogP contribution in [0.3, 0.4) is 0 Å². The third kappa shape index (κ3) is 2.61. The second-order valence-electron chi connectivity index (χ2n) is 4.89. The van der Waals surface area contributed by atoms with Gasteiger partial charge in [0.15, 0.2) is 5.82 Å². The summed E-state index contributed by atoms with van der Waals surface area (Å²) >= 11 is 12.2. The SMILES string of the molecule is C[C@@H]1CN(c2n[nH]c(-c3cccc(Cl)c3Cl)n2)CCN1. The number of piperazine rings is 1. The van der Waals surface area contributed by atoms with Gasteiger partial charge in [0.2, 0.25) is 5.95 Å². The lowest BCUT2D eigenvalue weighted by Crippen LogP contribution is -2.49. The summed E-state index contributed by atoms with van der Waals surface area (Å²) in [4.78, 5) is 6.68. The highest BCUT2D eigenvalue weighted by Gasteiger charge is 2.20. The van der Waals surface area contributed by atoms with Crippen LogP contribution in [0.15, 0.2) is 18.2 Å². The van der Waals surface area contributed by atoms with Crippen molar-refractivity contribution in [1.82, 2.24) is 20.5 Å². The monoisotopic (exact) mass is 311 g/mol. The fraction of sp³-hybridized carbons (Fsp3) is 0.385. The molecular weight excluding hydrogens is 297 g/mol. The number of benzene rings is 1. The Kier molecular flexibility index (Phi) is 3.83. The van der Waals surface area contributed by atoms with E-state index in [-0.39, 0.29) is 0 Å². The molecule has 2 heterocycles. The number of hydrogen-bond donors (Lipinski definition) is 2. The van der Waals surface area contributed by atoms with Crippen molar-refractivity contribution in [2.24, 2.45) is 0 Å². The van der Waals surface area contributed by atoms with Gasteiger partial charge in [0.05, 0.1) is 10.0 Å². The summed E-state index contributed by atoms with van der Waals surface area (Å²) in [6.07, 6.45) is 0. The van der Waals surface area contributed by atoms with E-state index < -0.39 is 0 Å². The third-order valence-corrected chi connectivity index (χ3v) is 4.15. The maximum absolute atomic E-state index is 6.20. The van der Waals surface area contributed by atoms with Crippen LogP contribution in [0.25, 0.3) is 11.4 Å². The Bertz CT molecular complexity index is 613. The molecule has 106 valence electrons. The second-order valence-corrected chi connectivity index (χ2v) is 5.67. The molecule has 1 fully saturated rings. The molecule has 1 atom stereocenters. The van der Waals surface area contributed by atoms with E-state index in [0.717, 1.165) is 25.2 Å². The number of rotatable bonds is 2. The van der Waals surface area contributed by atoms with Gasteiger partial charge in [0.25, 0.3) is 0 Å². The molecule has 0 amide bonds. The molecule has 3 rings (SSSR count). The highest BCUT2D eigenvalue weighted by atomic mass is 35.5. The highest BCUT2D eigenvalue weighted by molar-refractivity contribution is 6.43. The van der Waals surface area contributed by atoms with E-state index in [1.165, 1.54) is 0 Å². The number of nitrogens with zero attached hydrogens (tertiary/aromatic N) is 3. The first-order valence-electron chi connectivity index (χ1n) is 6.50. The van der Waals surface area contributed by atoms with Crippen LogP contribution < -0.4 is 10.2 Å². The Balaban J connectivity index is 1.88. The molecule has 1 aromatic heterocycles. The van der Waals surface area contributed by atoms with Gasteiger partial charge in [-0.3, -0.25) is 5.10 Å². The molecule has 0 bridgehead atoms. The number of halogens is 2. The molecule has 20 heavy (non-hydrogen) atoms. The molecule has 0 spiro atoms. The molecule has 7 heteroatoms. The van der Waals surface area contributed by atoms with Crippen LogP contribution in [0.5, 0.6) is 0 Å². The molecule has 2 N–H and O–H groups in total. The van der Waals surface area contributed by atoms with E-state index in [1.54, 1.807) is 6.07 Å². The van der Waals surface area contributed by atoms with Crippen LogP contribution in [0.4, 0.5) is 5.95 Å². The molecular formula is C13H15Cl2N5. The summed E-state index contributed by atoms with van der Waals surface area (Å²) in [7, 11) is 0. The summed E-state index contributed by atoms with van der Waals surface area (Å²) in [5.74, 6) is 1.34. The van der Waals surface area contributed by atoms with E-state index in [1.807, 2.05) is 12.1 Å². The zero-order valence-corrected chi connectivity index (χ0v) is 12.5. The molecule has 0 saturated carbocycles. The zero-order valence-electron chi connectivity index (χ0n) is 11.0. The van der Waals surface area contributed by atoms with Crippen LogP contribution in [0.2, 0.25) is 10.0 Å². The van der Waals surface area contributed by atoms with Crippen molar-refractivity contribution in [2.75, 3.05) is 24.5 Å². The van der Waals surface area contributed by atoms with Crippen LogP contribution in [0, 0.1) is 0 Å². The maximum Gasteiger partial charge on any atom is 0.245 e. The fourth-order valence-corrected chi connectivity index (χ4v) is 2.71. The Hall–Kier alpha value is -1.30. The summed E-state index contributed by atoms with van der Waals surface area (Å²) in [5.41, 5.74) is 0.765. The quantitative estimate of drug-likeness (QED) is 0.895. The van der Waals surface area contributed by atoms with Crippen molar-refractivity contribution in [3.8, 4) is 11.4 Å². The molecule has 2 aromatic rings. The average Bonchev–Trinajstić information content (AvgIpc) is 2.91. The average molecular weight is 312 g/mol. The Labute approximate surface area is 127 Å². The Morgan fingerprint density at radius 2 is 2.20 bits per heavy atom. The first-order chi connectivity index (χ1) is 9.65. The van der Waals surface area contributed by atoms with E-state index in [0.29, 0.717) is 27.9 Å². The maximum atomic E-state index is 6.20. The molecule has 0 radical (unpaired) electrons. The van der Waals surface area contributed by atoms with Crippen LogP contribution in [-0.2, 0) is 0 Å². The summed E-state index contributed by atoms with van der Waals surface area (Å²) in [5, 5.41) is 11.6. The minimum absolute atomic E-state index is 0.431. The van der Waals surface area contributed by atoms with Crippen molar-refractivity contribution in [2.45, 2.75) is 13.0 Å². The normalized spacial score (nSPS) is 19.4. The van der Waals surface area contributed by atoms with Crippen LogP contribution in [-0.4, -0.2) is 40.9 Å². The summed E-state index contributed by atoms with van der Waals surface area (Å²) in [6, 6.07) is 5.90. The number of hydrogen-bond acceptors (Lipinski definition) is 4. The van der Waals surface area contributed by atoms with Crippen molar-refractivity contribution in [1.29, 1.82) is 0 Å². The lowest BCUT2D eigenvalue weighted by atomic mass is 10.2. The smallest absolute Gasteiger partial charge is 0.245 e. The van der Waals surface area contributed by atoms with Gasteiger partial charge in [-0.05, 0) is 19.1 Å². The third-order valence-electron chi connectivity index (χ3n) is 3.33. The number of aromatic amines is 1. The van der Waals surface area contributed by atoms with E-state index in [4.69, 9.17) is 23.2 Å². The van der Waals surface area contributed by atoms with Gasteiger partial charge >= 0.3 is 0 Å². The van der Waals surface area contributed by atoms with E-state index in [9.17, 15) is 0 Å². The number of H-pyrrole nitrogens is 1. The van der Waals surface area contributed by atoms with Gasteiger partial charge in [0, 0.05) is 31.2 Å². The highest BCUT2D eigenvalue weighted by Crippen LogP contribution is 2.32. The molecule has 0 unspecified atom stereocenters. The van der Waals surface area contributed by atoms with Gasteiger partial charge in [-0.15, -0.1) is 5.10 Å². The Morgan fingerprint density at radius 1 is 1.35 bits per heavy atom. The van der Waals surface area contributed by atoms with Crippen LogP contribution in [0.1, 0.15) is 6.92 Å². The van der Waals surface area contributed by atoms with Gasteiger partial charge in [-0.1, -0.05) is 29.3 Å². The lowest BCUT2D eigenvalue weighted by molar-refractivity contribution is 0.480. The van der Waals surface area contributed by atoms with Crippen LogP contribution >= 0.6 is 23.2 Å². The number of anilines is 1. The largest absolute Gasteiger partial charge is 0.337 e. The number of nitrogens with one attached hydrogen (secondary N) is 2. The molecule has 0 aliphatic carbocycles. The van der Waals surface area contributed by atoms with Crippen molar-refractivity contribution in [3.63, 3.8) is 0 Å². The first-order valence-corrected chi connectivity index (χ1v) is 7.26. The summed E-state index contributed by atoms with van der Waals surface area (Å²) < 4.78 is 0. The van der Waals surface area contributed by atoms with Crippen molar-refractivity contribution in [3.05, 3.63) is 28.2 Å². The predicted molar refractivity (Wildman–Crippen MR) is 81.5 cm³/mol. The topological polar surface area (TPSA) is 56.8 Å². The minimum Gasteiger partial charge on any atom is -0.337 e. The second kappa shape index (κ2) is 5.60. The zero-order chi connectivity index (χ0) is 14.1. The number of aromatic nitrogens is 3. The predicted octanol–water partition coefficient (Wildman–Crippen LogP) is 2.58. The van der Waals surface area contributed by atoms with E-state index >= 15 is 0 Å². The van der Waals surface area contributed by atoms with Crippen molar-refractivity contribution < 1.29 is 0 Å². The van der Waals surface area contributed by atoms with Gasteiger partial charge in [0.1, 0.15) is 0 Å². The van der Waals surface area contributed by atoms with Gasteiger partial charge < -0.3 is 10.2 Å². The van der Waals surface area contributed by atoms with Gasteiger partial charge in [-0.25, -0.2) is 0 Å². The molecule has 1 saturated heterocycles. The first kappa shape index (κ1) is 13.7.